The quantitative estimate of drug-likeness (QED) is 0.684. The van der Waals surface area contributed by atoms with Gasteiger partial charge in [-0.25, -0.2) is 13.1 Å². The molecular weight excluding hydrogens is 214 g/mol. The summed E-state index contributed by atoms with van der Waals surface area (Å²) in [6.45, 7) is 0.0854. The van der Waals surface area contributed by atoms with Gasteiger partial charge in [0.25, 0.3) is 0 Å². The maximum atomic E-state index is 10.9. The molecule has 0 bridgehead atoms. The monoisotopic (exact) mass is 227 g/mol. The van der Waals surface area contributed by atoms with Crippen molar-refractivity contribution in [1.82, 2.24) is 4.72 Å². The van der Waals surface area contributed by atoms with E-state index < -0.39 is 20.8 Å². The molecule has 6 heteroatoms. The lowest BCUT2D eigenvalue weighted by Gasteiger charge is -2.21. The predicted octanol–water partition coefficient (Wildman–Crippen LogP) is 0.407. The van der Waals surface area contributed by atoms with Crippen LogP contribution in [-0.2, 0) is 10.0 Å². The second-order valence-corrected chi connectivity index (χ2v) is 5.87. The molecule has 1 saturated carbocycles. The van der Waals surface area contributed by atoms with Crippen LogP contribution in [-0.4, -0.2) is 30.9 Å². The fourth-order valence-corrected chi connectivity index (χ4v) is 2.29. The average Bonchev–Trinajstić information content (AvgIpc) is 2.50. The van der Waals surface area contributed by atoms with Crippen molar-refractivity contribution in [2.45, 2.75) is 31.3 Å². The summed E-state index contributed by atoms with van der Waals surface area (Å²) in [6, 6.07) is 0. The third-order valence-corrected chi connectivity index (χ3v) is 4.03. The lowest BCUT2D eigenvalue weighted by Crippen LogP contribution is -2.41. The normalized spacial score (nSPS) is 22.0. The van der Waals surface area contributed by atoms with Crippen LogP contribution < -0.4 is 4.72 Å². The van der Waals surface area contributed by atoms with E-state index in [4.69, 9.17) is 11.6 Å². The summed E-state index contributed by atoms with van der Waals surface area (Å²) in [5.41, 5.74) is -0.848. The predicted molar refractivity (Wildman–Crippen MR) is 51.1 cm³/mol. The molecule has 0 aromatic heterocycles. The number of aliphatic hydroxyl groups is 1. The summed E-state index contributed by atoms with van der Waals surface area (Å²) in [5.74, 6) is 0. The summed E-state index contributed by atoms with van der Waals surface area (Å²) < 4.78 is 24.2. The Morgan fingerprint density at radius 2 is 1.92 bits per heavy atom. The van der Waals surface area contributed by atoms with E-state index in [0.29, 0.717) is 12.8 Å². The van der Waals surface area contributed by atoms with Crippen molar-refractivity contribution in [3.63, 3.8) is 0 Å². The zero-order valence-corrected chi connectivity index (χ0v) is 8.86. The number of sulfonamides is 1. The summed E-state index contributed by atoms with van der Waals surface area (Å²) in [7, 11) is -3.39. The Labute approximate surface area is 83.3 Å². The molecule has 1 aliphatic rings. The van der Waals surface area contributed by atoms with E-state index >= 15 is 0 Å². The van der Waals surface area contributed by atoms with Crippen LogP contribution in [0.15, 0.2) is 0 Å². The first kappa shape index (κ1) is 11.2. The molecule has 0 radical (unpaired) electrons. The number of nitrogens with one attached hydrogen (secondary N) is 1. The highest BCUT2D eigenvalue weighted by Crippen LogP contribution is 2.28. The standard InChI is InChI=1S/C7H14ClNO3S/c8-6-13(11,12)9-5-7(10)3-1-2-4-7/h9-10H,1-6H2. The molecule has 0 aromatic rings. The number of halogens is 1. The van der Waals surface area contributed by atoms with Gasteiger partial charge in [0.05, 0.1) is 5.60 Å². The first-order valence-electron chi connectivity index (χ1n) is 4.23. The number of alkyl halides is 1. The zero-order valence-electron chi connectivity index (χ0n) is 7.29. The molecule has 0 spiro atoms. The van der Waals surface area contributed by atoms with E-state index in [1.807, 2.05) is 0 Å². The molecule has 4 nitrogen and oxygen atoms in total. The number of rotatable bonds is 4. The summed E-state index contributed by atoms with van der Waals surface area (Å²) in [4.78, 5) is 0. The van der Waals surface area contributed by atoms with Crippen LogP contribution in [0.2, 0.25) is 0 Å². The van der Waals surface area contributed by atoms with Crippen LogP contribution >= 0.6 is 11.6 Å². The largest absolute Gasteiger partial charge is 0.389 e. The van der Waals surface area contributed by atoms with Gasteiger partial charge in [-0.05, 0) is 12.8 Å². The maximum Gasteiger partial charge on any atom is 0.225 e. The summed E-state index contributed by atoms with van der Waals surface area (Å²) in [6.07, 6.45) is 3.24. The second-order valence-electron chi connectivity index (χ2n) is 3.48. The molecule has 1 fully saturated rings. The topological polar surface area (TPSA) is 66.4 Å². The molecule has 1 rings (SSSR count). The molecule has 0 aromatic carbocycles. The van der Waals surface area contributed by atoms with Crippen LogP contribution in [0.1, 0.15) is 25.7 Å². The Hall–Kier alpha value is 0.160. The first-order chi connectivity index (χ1) is 5.97. The highest BCUT2D eigenvalue weighted by Gasteiger charge is 2.31. The van der Waals surface area contributed by atoms with Gasteiger partial charge in [-0.1, -0.05) is 12.8 Å². The van der Waals surface area contributed by atoms with E-state index in [9.17, 15) is 13.5 Å². The van der Waals surface area contributed by atoms with E-state index in [0.717, 1.165) is 12.8 Å². The third kappa shape index (κ3) is 3.42. The van der Waals surface area contributed by atoms with Crippen molar-refractivity contribution < 1.29 is 13.5 Å². The van der Waals surface area contributed by atoms with Crippen molar-refractivity contribution in [2.75, 3.05) is 11.8 Å². The molecule has 0 amide bonds. The van der Waals surface area contributed by atoms with Crippen molar-refractivity contribution >= 4 is 21.6 Å². The van der Waals surface area contributed by atoms with E-state index in [-0.39, 0.29) is 6.54 Å². The molecule has 0 heterocycles. The fourth-order valence-electron chi connectivity index (χ4n) is 1.49. The molecular formula is C7H14ClNO3S. The molecule has 1 aliphatic carbocycles. The molecule has 13 heavy (non-hydrogen) atoms. The van der Waals surface area contributed by atoms with Crippen LogP contribution in [0.3, 0.4) is 0 Å². The van der Waals surface area contributed by atoms with Gasteiger partial charge in [0.2, 0.25) is 10.0 Å². The maximum absolute atomic E-state index is 10.9. The number of hydrogen-bond donors (Lipinski definition) is 2. The molecule has 0 unspecified atom stereocenters. The molecule has 2 N–H and O–H groups in total. The minimum Gasteiger partial charge on any atom is -0.389 e. The van der Waals surface area contributed by atoms with Gasteiger partial charge < -0.3 is 5.11 Å². The van der Waals surface area contributed by atoms with Gasteiger partial charge in [0.1, 0.15) is 5.21 Å². The van der Waals surface area contributed by atoms with Crippen LogP contribution in [0.5, 0.6) is 0 Å². The molecule has 0 atom stereocenters. The summed E-state index contributed by atoms with van der Waals surface area (Å²) in [5, 5.41) is 9.32. The molecule has 78 valence electrons. The van der Waals surface area contributed by atoms with Crippen molar-refractivity contribution in [3.8, 4) is 0 Å². The van der Waals surface area contributed by atoms with E-state index in [1.54, 1.807) is 0 Å². The average molecular weight is 228 g/mol. The van der Waals surface area contributed by atoms with E-state index in [1.165, 1.54) is 0 Å². The first-order valence-corrected chi connectivity index (χ1v) is 6.42. The summed E-state index contributed by atoms with van der Waals surface area (Å²) >= 11 is 5.19. The smallest absolute Gasteiger partial charge is 0.225 e. The van der Waals surface area contributed by atoms with Gasteiger partial charge >= 0.3 is 0 Å². The highest BCUT2D eigenvalue weighted by molar-refractivity contribution is 7.90. The lowest BCUT2D eigenvalue weighted by atomic mass is 10.0. The van der Waals surface area contributed by atoms with Gasteiger partial charge in [0, 0.05) is 6.54 Å². The Morgan fingerprint density at radius 3 is 2.38 bits per heavy atom. The van der Waals surface area contributed by atoms with Crippen molar-refractivity contribution in [3.05, 3.63) is 0 Å². The van der Waals surface area contributed by atoms with Crippen LogP contribution in [0.4, 0.5) is 0 Å². The Balaban J connectivity index is 2.42. The lowest BCUT2D eigenvalue weighted by molar-refractivity contribution is 0.0532. The van der Waals surface area contributed by atoms with Crippen LogP contribution in [0.25, 0.3) is 0 Å². The van der Waals surface area contributed by atoms with Crippen molar-refractivity contribution in [1.29, 1.82) is 0 Å². The Bertz CT molecular complexity index is 259. The van der Waals surface area contributed by atoms with Gasteiger partial charge in [-0.15, -0.1) is 11.6 Å². The minimum absolute atomic E-state index is 0.0854. The zero-order chi connectivity index (χ0) is 9.95. The van der Waals surface area contributed by atoms with Gasteiger partial charge in [-0.2, -0.15) is 0 Å². The molecule has 0 aliphatic heterocycles. The fraction of sp³-hybridized carbons (Fsp3) is 1.00. The van der Waals surface area contributed by atoms with Gasteiger partial charge in [0.15, 0.2) is 0 Å². The SMILES string of the molecule is O=S(=O)(CCl)NCC1(O)CCCC1. The minimum atomic E-state index is -3.39. The van der Waals surface area contributed by atoms with Crippen molar-refractivity contribution in [2.24, 2.45) is 0 Å². The highest BCUT2D eigenvalue weighted by atomic mass is 35.5. The number of hydrogen-bond acceptors (Lipinski definition) is 3. The van der Waals surface area contributed by atoms with E-state index in [2.05, 4.69) is 4.72 Å². The second kappa shape index (κ2) is 4.13. The Morgan fingerprint density at radius 1 is 1.38 bits per heavy atom. The Kier molecular flexibility index (Phi) is 3.57. The third-order valence-electron chi connectivity index (χ3n) is 2.30. The molecule has 0 saturated heterocycles. The van der Waals surface area contributed by atoms with Gasteiger partial charge in [-0.3, -0.25) is 0 Å². The van der Waals surface area contributed by atoms with Crippen LogP contribution in [0, 0.1) is 0 Å².